The highest BCUT2D eigenvalue weighted by Crippen LogP contribution is 2.13. The number of benzene rings is 1. The van der Waals surface area contributed by atoms with E-state index in [-0.39, 0.29) is 6.03 Å². The van der Waals surface area contributed by atoms with Gasteiger partial charge in [0.15, 0.2) is 0 Å². The molecule has 0 atom stereocenters. The van der Waals surface area contributed by atoms with E-state index < -0.39 is 0 Å². The largest absolute Gasteiger partial charge is 0.334 e. The van der Waals surface area contributed by atoms with Crippen LogP contribution in [0.5, 0.6) is 0 Å². The summed E-state index contributed by atoms with van der Waals surface area (Å²) < 4.78 is 0. The van der Waals surface area contributed by atoms with E-state index in [9.17, 15) is 4.79 Å². The van der Waals surface area contributed by atoms with Gasteiger partial charge in [0.2, 0.25) is 0 Å². The van der Waals surface area contributed by atoms with Crippen molar-refractivity contribution in [2.75, 3.05) is 47.3 Å². The number of urea groups is 1. The van der Waals surface area contributed by atoms with Gasteiger partial charge in [-0.05, 0) is 57.7 Å². The van der Waals surface area contributed by atoms with Gasteiger partial charge in [-0.3, -0.25) is 0 Å². The molecule has 0 unspecified atom stereocenters. The number of nitriles is 1. The summed E-state index contributed by atoms with van der Waals surface area (Å²) in [5.74, 6) is 0. The SMILES string of the molecule is CN1CCC(N(C)CCN(C)C(=O)NCc2cccc(C#N)c2)CC1. The topological polar surface area (TPSA) is 62.6 Å². The van der Waals surface area contributed by atoms with Gasteiger partial charge in [-0.15, -0.1) is 0 Å². The quantitative estimate of drug-likeness (QED) is 0.854. The molecule has 1 N–H and O–H groups in total. The summed E-state index contributed by atoms with van der Waals surface area (Å²) in [5, 5.41) is 11.8. The molecule has 0 saturated carbocycles. The zero-order valence-electron chi connectivity index (χ0n) is 15.5. The summed E-state index contributed by atoms with van der Waals surface area (Å²) in [7, 11) is 6.14. The normalized spacial score (nSPS) is 15.8. The highest BCUT2D eigenvalue weighted by molar-refractivity contribution is 5.73. The van der Waals surface area contributed by atoms with E-state index in [1.54, 1.807) is 17.0 Å². The minimum absolute atomic E-state index is 0.0841. The van der Waals surface area contributed by atoms with Crippen molar-refractivity contribution in [2.45, 2.75) is 25.4 Å². The number of nitrogens with one attached hydrogen (secondary N) is 1. The van der Waals surface area contributed by atoms with Crippen LogP contribution in [0.2, 0.25) is 0 Å². The zero-order chi connectivity index (χ0) is 18.2. The molecule has 136 valence electrons. The summed E-state index contributed by atoms with van der Waals surface area (Å²) in [4.78, 5) is 18.7. The van der Waals surface area contributed by atoms with Gasteiger partial charge in [0.1, 0.15) is 0 Å². The molecular formula is C19H29N5O. The van der Waals surface area contributed by atoms with Crippen molar-refractivity contribution in [1.82, 2.24) is 20.0 Å². The smallest absolute Gasteiger partial charge is 0.317 e. The van der Waals surface area contributed by atoms with Crippen molar-refractivity contribution in [3.8, 4) is 6.07 Å². The van der Waals surface area contributed by atoms with Crippen LogP contribution >= 0.6 is 0 Å². The van der Waals surface area contributed by atoms with Crippen molar-refractivity contribution in [3.63, 3.8) is 0 Å². The van der Waals surface area contributed by atoms with Crippen LogP contribution in [-0.2, 0) is 6.54 Å². The summed E-state index contributed by atoms with van der Waals surface area (Å²) in [6, 6.07) is 9.95. The van der Waals surface area contributed by atoms with Gasteiger partial charge in [0, 0.05) is 32.7 Å². The summed E-state index contributed by atoms with van der Waals surface area (Å²) in [5.41, 5.74) is 1.55. The fourth-order valence-corrected chi connectivity index (χ4v) is 3.09. The van der Waals surface area contributed by atoms with Crippen LogP contribution in [0, 0.1) is 11.3 Å². The molecule has 1 aliphatic heterocycles. The third-order valence-corrected chi connectivity index (χ3v) is 4.95. The van der Waals surface area contributed by atoms with Crippen LogP contribution in [0.4, 0.5) is 4.79 Å². The predicted octanol–water partition coefficient (Wildman–Crippen LogP) is 1.73. The molecule has 1 aliphatic rings. The summed E-state index contributed by atoms with van der Waals surface area (Å²) in [6.45, 7) is 4.30. The van der Waals surface area contributed by atoms with E-state index >= 15 is 0 Å². The number of carbonyl (C=O) groups excluding carboxylic acids is 1. The molecule has 2 amide bonds. The van der Waals surface area contributed by atoms with E-state index in [2.05, 4.69) is 35.3 Å². The molecule has 25 heavy (non-hydrogen) atoms. The lowest BCUT2D eigenvalue weighted by Gasteiger charge is -2.35. The Kier molecular flexibility index (Phi) is 7.23. The molecule has 0 aliphatic carbocycles. The Balaban J connectivity index is 1.71. The van der Waals surface area contributed by atoms with Gasteiger partial charge >= 0.3 is 6.03 Å². The predicted molar refractivity (Wildman–Crippen MR) is 99.2 cm³/mol. The highest BCUT2D eigenvalue weighted by atomic mass is 16.2. The van der Waals surface area contributed by atoms with Crippen LogP contribution in [0.3, 0.4) is 0 Å². The number of likely N-dealkylation sites (tertiary alicyclic amines) is 1. The standard InChI is InChI=1S/C19H29N5O/c1-22-9-7-18(8-10-22)23(2)11-12-24(3)19(25)21-15-17-6-4-5-16(13-17)14-20/h4-6,13,18H,7-12,15H2,1-3H3,(H,21,25). The molecule has 1 aromatic rings. The Labute approximate surface area is 151 Å². The maximum absolute atomic E-state index is 12.2. The third kappa shape index (κ3) is 6.04. The molecule has 0 spiro atoms. The second-order valence-electron chi connectivity index (χ2n) is 6.91. The van der Waals surface area contributed by atoms with Crippen LogP contribution in [0.1, 0.15) is 24.0 Å². The van der Waals surface area contributed by atoms with E-state index in [1.165, 1.54) is 12.8 Å². The lowest BCUT2D eigenvalue weighted by Crippen LogP contribution is -2.46. The number of hydrogen-bond acceptors (Lipinski definition) is 4. The van der Waals surface area contributed by atoms with Crippen LogP contribution < -0.4 is 5.32 Å². The first-order valence-corrected chi connectivity index (χ1v) is 8.86. The molecule has 0 bridgehead atoms. The van der Waals surface area contributed by atoms with Crippen molar-refractivity contribution < 1.29 is 4.79 Å². The molecule has 2 rings (SSSR count). The molecule has 1 fully saturated rings. The maximum atomic E-state index is 12.2. The lowest BCUT2D eigenvalue weighted by molar-refractivity contribution is 0.135. The zero-order valence-corrected chi connectivity index (χ0v) is 15.5. The molecular weight excluding hydrogens is 314 g/mol. The number of likely N-dealkylation sites (N-methyl/N-ethyl adjacent to an activating group) is 2. The Morgan fingerprint density at radius 3 is 2.72 bits per heavy atom. The van der Waals surface area contributed by atoms with Crippen LogP contribution in [-0.4, -0.2) is 74.1 Å². The lowest BCUT2D eigenvalue weighted by atomic mass is 10.0. The number of rotatable bonds is 6. The van der Waals surface area contributed by atoms with Crippen molar-refractivity contribution in [3.05, 3.63) is 35.4 Å². The van der Waals surface area contributed by atoms with Crippen molar-refractivity contribution in [1.29, 1.82) is 5.26 Å². The molecule has 1 aromatic carbocycles. The van der Waals surface area contributed by atoms with Crippen LogP contribution in [0.25, 0.3) is 0 Å². The maximum Gasteiger partial charge on any atom is 0.317 e. The molecule has 6 heteroatoms. The van der Waals surface area contributed by atoms with Gasteiger partial charge in [-0.25, -0.2) is 4.79 Å². The number of carbonyl (C=O) groups is 1. The van der Waals surface area contributed by atoms with Gasteiger partial charge in [-0.1, -0.05) is 12.1 Å². The van der Waals surface area contributed by atoms with E-state index in [0.29, 0.717) is 24.7 Å². The van der Waals surface area contributed by atoms with Crippen LogP contribution in [0.15, 0.2) is 24.3 Å². The molecule has 6 nitrogen and oxygen atoms in total. The second kappa shape index (κ2) is 9.40. The Bertz CT molecular complexity index is 604. The van der Waals surface area contributed by atoms with Crippen molar-refractivity contribution in [2.24, 2.45) is 0 Å². The van der Waals surface area contributed by atoms with Gasteiger partial charge in [-0.2, -0.15) is 5.26 Å². The first-order valence-electron chi connectivity index (χ1n) is 8.86. The fraction of sp³-hybridized carbons (Fsp3) is 0.579. The Hall–Kier alpha value is -2.10. The summed E-state index contributed by atoms with van der Waals surface area (Å²) in [6.07, 6.45) is 2.39. The molecule has 0 radical (unpaired) electrons. The van der Waals surface area contributed by atoms with Gasteiger partial charge in [0.05, 0.1) is 11.6 Å². The Morgan fingerprint density at radius 2 is 2.04 bits per heavy atom. The minimum atomic E-state index is -0.0841. The first-order chi connectivity index (χ1) is 12.0. The minimum Gasteiger partial charge on any atom is -0.334 e. The van der Waals surface area contributed by atoms with E-state index in [1.807, 2.05) is 19.2 Å². The molecule has 1 saturated heterocycles. The fourth-order valence-electron chi connectivity index (χ4n) is 3.09. The summed E-state index contributed by atoms with van der Waals surface area (Å²) >= 11 is 0. The average molecular weight is 343 g/mol. The molecule has 1 heterocycles. The second-order valence-corrected chi connectivity index (χ2v) is 6.91. The third-order valence-electron chi connectivity index (χ3n) is 4.95. The monoisotopic (exact) mass is 343 g/mol. The van der Waals surface area contributed by atoms with Crippen molar-refractivity contribution >= 4 is 6.03 Å². The number of nitrogens with zero attached hydrogens (tertiary/aromatic N) is 4. The first kappa shape index (κ1) is 19.2. The average Bonchev–Trinajstić information content (AvgIpc) is 2.64. The highest BCUT2D eigenvalue weighted by Gasteiger charge is 2.20. The number of amides is 2. The van der Waals surface area contributed by atoms with E-state index in [4.69, 9.17) is 5.26 Å². The molecule has 0 aromatic heterocycles. The Morgan fingerprint density at radius 1 is 1.32 bits per heavy atom. The van der Waals surface area contributed by atoms with Gasteiger partial charge < -0.3 is 20.0 Å². The van der Waals surface area contributed by atoms with Gasteiger partial charge in [0.25, 0.3) is 0 Å². The number of hydrogen-bond donors (Lipinski definition) is 1. The van der Waals surface area contributed by atoms with E-state index in [0.717, 1.165) is 25.2 Å². The number of piperidine rings is 1.